The molecule has 1 amide bonds. The van der Waals surface area contributed by atoms with Gasteiger partial charge in [-0.3, -0.25) is 4.79 Å². The van der Waals surface area contributed by atoms with Crippen molar-refractivity contribution in [3.05, 3.63) is 23.8 Å². The van der Waals surface area contributed by atoms with E-state index in [4.69, 9.17) is 9.72 Å². The smallest absolute Gasteiger partial charge is 0.253 e. The van der Waals surface area contributed by atoms with Crippen LogP contribution >= 0.6 is 0 Å². The Balaban J connectivity index is 1.81. The number of carbonyl (C=O) groups is 1. The number of aromatic nitrogens is 2. The molecule has 2 heterocycles. The van der Waals surface area contributed by atoms with Crippen molar-refractivity contribution in [2.45, 2.75) is 72.8 Å². The molecule has 1 N–H and O–H groups in total. The summed E-state index contributed by atoms with van der Waals surface area (Å²) in [6.45, 7) is 15.3. The van der Waals surface area contributed by atoms with Crippen molar-refractivity contribution in [1.29, 1.82) is 0 Å². The number of benzene rings is 1. The van der Waals surface area contributed by atoms with Crippen LogP contribution in [0, 0.1) is 11.8 Å². The molecule has 2 aromatic rings. The van der Waals surface area contributed by atoms with Gasteiger partial charge in [0.05, 0.1) is 11.0 Å². The lowest BCUT2D eigenvalue weighted by Gasteiger charge is -2.26. The highest BCUT2D eigenvalue weighted by Gasteiger charge is 2.19. The molecular formula is C28H47N5O2. The van der Waals surface area contributed by atoms with E-state index in [0.29, 0.717) is 18.6 Å². The van der Waals surface area contributed by atoms with Crippen LogP contribution in [-0.2, 0) is 11.3 Å². The number of imidazole rings is 1. The van der Waals surface area contributed by atoms with Gasteiger partial charge in [0.15, 0.2) is 0 Å². The number of nitrogens with zero attached hydrogens (tertiary/aromatic N) is 4. The van der Waals surface area contributed by atoms with Crippen molar-refractivity contribution < 1.29 is 9.53 Å². The third-order valence-electron chi connectivity index (χ3n) is 6.91. The minimum absolute atomic E-state index is 0.126. The third-order valence-corrected chi connectivity index (χ3v) is 6.91. The van der Waals surface area contributed by atoms with Gasteiger partial charge in [-0.15, -0.1) is 0 Å². The molecule has 0 saturated carbocycles. The van der Waals surface area contributed by atoms with E-state index in [9.17, 15) is 4.79 Å². The summed E-state index contributed by atoms with van der Waals surface area (Å²) in [6, 6.07) is 5.97. The first-order chi connectivity index (χ1) is 16.9. The first-order valence-corrected chi connectivity index (χ1v) is 13.6. The van der Waals surface area contributed by atoms with Gasteiger partial charge < -0.3 is 24.4 Å². The number of fused-ring (bicyclic) bond motifs is 1. The van der Waals surface area contributed by atoms with Gasteiger partial charge in [-0.05, 0) is 81.8 Å². The zero-order valence-electron chi connectivity index (χ0n) is 22.7. The molecule has 35 heavy (non-hydrogen) atoms. The molecule has 0 atom stereocenters. The maximum atomic E-state index is 13.6. The van der Waals surface area contributed by atoms with Crippen LogP contribution < -0.4 is 5.32 Å². The van der Waals surface area contributed by atoms with Crippen LogP contribution in [0.25, 0.3) is 11.0 Å². The normalized spacial score (nSPS) is 14.8. The lowest BCUT2D eigenvalue weighted by Crippen LogP contribution is -2.34. The number of aryl methyl sites for hydroxylation is 1. The highest BCUT2D eigenvalue weighted by atomic mass is 16.5. The van der Waals surface area contributed by atoms with Gasteiger partial charge in [-0.2, -0.15) is 0 Å². The van der Waals surface area contributed by atoms with E-state index in [-0.39, 0.29) is 5.91 Å². The molecule has 7 nitrogen and oxygen atoms in total. The fourth-order valence-electron chi connectivity index (χ4n) is 4.71. The van der Waals surface area contributed by atoms with Gasteiger partial charge in [0, 0.05) is 32.3 Å². The monoisotopic (exact) mass is 485 g/mol. The van der Waals surface area contributed by atoms with Gasteiger partial charge in [0.2, 0.25) is 5.95 Å². The van der Waals surface area contributed by atoms with Crippen molar-refractivity contribution in [3.8, 4) is 0 Å². The van der Waals surface area contributed by atoms with Crippen molar-refractivity contribution in [1.82, 2.24) is 19.4 Å². The number of rotatable bonds is 14. The van der Waals surface area contributed by atoms with E-state index < -0.39 is 0 Å². The standard InChI is InChI=1S/C28H47N5O2/c1-22(2)12-18-32(19-13-23(3)4)27(34)24-10-11-25-26(20-24)33(28(30-25)29-21-35-5)17-9-16-31-14-7-6-8-15-31/h10-11,20,22-23H,6-9,12-19,21H2,1-5H3,(H,29,30). The Morgan fingerprint density at radius 1 is 1.06 bits per heavy atom. The predicted molar refractivity (Wildman–Crippen MR) is 145 cm³/mol. The van der Waals surface area contributed by atoms with Crippen LogP contribution in [0.1, 0.15) is 76.6 Å². The van der Waals surface area contributed by atoms with Crippen LogP contribution in [0.2, 0.25) is 0 Å². The fraction of sp³-hybridized carbons (Fsp3) is 0.714. The maximum absolute atomic E-state index is 13.6. The number of ether oxygens (including phenoxy) is 1. The summed E-state index contributed by atoms with van der Waals surface area (Å²) in [5.41, 5.74) is 2.68. The number of piperidine rings is 1. The molecule has 0 spiro atoms. The Labute approximate surface area is 212 Å². The number of nitrogens with one attached hydrogen (secondary N) is 1. The second-order valence-corrected chi connectivity index (χ2v) is 10.8. The second kappa shape index (κ2) is 13.8. The first-order valence-electron chi connectivity index (χ1n) is 13.6. The number of methoxy groups -OCH3 is 1. The minimum atomic E-state index is 0.126. The number of hydrogen-bond donors (Lipinski definition) is 1. The quantitative estimate of drug-likeness (QED) is 0.360. The van der Waals surface area contributed by atoms with Crippen molar-refractivity contribution in [2.24, 2.45) is 11.8 Å². The molecule has 0 unspecified atom stereocenters. The van der Waals surface area contributed by atoms with E-state index in [2.05, 4.69) is 42.5 Å². The molecule has 0 aliphatic carbocycles. The molecule has 1 aromatic carbocycles. The van der Waals surface area contributed by atoms with E-state index in [0.717, 1.165) is 68.0 Å². The van der Waals surface area contributed by atoms with Crippen molar-refractivity contribution in [3.63, 3.8) is 0 Å². The number of likely N-dealkylation sites (tertiary alicyclic amines) is 1. The zero-order chi connectivity index (χ0) is 25.2. The third kappa shape index (κ3) is 8.21. The Morgan fingerprint density at radius 3 is 2.37 bits per heavy atom. The van der Waals surface area contributed by atoms with E-state index in [1.54, 1.807) is 7.11 Å². The Bertz CT molecular complexity index is 905. The lowest BCUT2D eigenvalue weighted by atomic mass is 10.1. The molecule has 1 aliphatic rings. The molecule has 196 valence electrons. The summed E-state index contributed by atoms with van der Waals surface area (Å²) in [5.74, 6) is 2.08. The first kappa shape index (κ1) is 27.5. The highest BCUT2D eigenvalue weighted by molar-refractivity contribution is 5.97. The number of carbonyl (C=O) groups excluding carboxylic acids is 1. The summed E-state index contributed by atoms with van der Waals surface area (Å²) >= 11 is 0. The molecule has 0 bridgehead atoms. The van der Waals surface area contributed by atoms with Gasteiger partial charge in [0.25, 0.3) is 5.91 Å². The largest absolute Gasteiger partial charge is 0.364 e. The van der Waals surface area contributed by atoms with E-state index >= 15 is 0 Å². The summed E-state index contributed by atoms with van der Waals surface area (Å²) in [5, 5.41) is 3.30. The van der Waals surface area contributed by atoms with Crippen LogP contribution in [-0.4, -0.2) is 71.8 Å². The lowest BCUT2D eigenvalue weighted by molar-refractivity contribution is 0.0741. The molecule has 1 aromatic heterocycles. The van der Waals surface area contributed by atoms with Crippen LogP contribution in [0.4, 0.5) is 5.95 Å². The maximum Gasteiger partial charge on any atom is 0.253 e. The second-order valence-electron chi connectivity index (χ2n) is 10.8. The number of hydrogen-bond acceptors (Lipinski definition) is 5. The van der Waals surface area contributed by atoms with Gasteiger partial charge in [0.1, 0.15) is 6.73 Å². The SMILES string of the molecule is COCNc1nc2ccc(C(=O)N(CCC(C)C)CCC(C)C)cc2n1CCCN1CCCCC1. The molecule has 1 saturated heterocycles. The van der Waals surface area contributed by atoms with Gasteiger partial charge >= 0.3 is 0 Å². The summed E-state index contributed by atoms with van der Waals surface area (Å²) in [7, 11) is 1.68. The van der Waals surface area contributed by atoms with Crippen molar-refractivity contribution in [2.75, 3.05) is 51.9 Å². The average Bonchev–Trinajstić information content (AvgIpc) is 3.19. The Hall–Kier alpha value is -2.12. The molecular weight excluding hydrogens is 438 g/mol. The van der Waals surface area contributed by atoms with Crippen LogP contribution in [0.3, 0.4) is 0 Å². The van der Waals surface area contributed by atoms with Crippen LogP contribution in [0.15, 0.2) is 18.2 Å². The molecule has 1 fully saturated rings. The van der Waals surface area contributed by atoms with Gasteiger partial charge in [-0.25, -0.2) is 4.98 Å². The topological polar surface area (TPSA) is 62.6 Å². The van der Waals surface area contributed by atoms with E-state index in [1.807, 2.05) is 23.1 Å². The van der Waals surface area contributed by atoms with Gasteiger partial charge in [-0.1, -0.05) is 34.1 Å². The van der Waals surface area contributed by atoms with Crippen LogP contribution in [0.5, 0.6) is 0 Å². The number of amides is 1. The molecule has 1 aliphatic heterocycles. The average molecular weight is 486 g/mol. The minimum Gasteiger partial charge on any atom is -0.364 e. The number of anilines is 1. The molecule has 3 rings (SSSR count). The highest BCUT2D eigenvalue weighted by Crippen LogP contribution is 2.23. The van der Waals surface area contributed by atoms with E-state index in [1.165, 1.54) is 32.4 Å². The zero-order valence-corrected chi connectivity index (χ0v) is 22.7. The fourth-order valence-corrected chi connectivity index (χ4v) is 4.71. The summed E-state index contributed by atoms with van der Waals surface area (Å²) < 4.78 is 7.47. The predicted octanol–water partition coefficient (Wildman–Crippen LogP) is 5.46. The summed E-state index contributed by atoms with van der Waals surface area (Å²) in [4.78, 5) is 23.0. The summed E-state index contributed by atoms with van der Waals surface area (Å²) in [6.07, 6.45) is 7.07. The Morgan fingerprint density at radius 2 is 1.74 bits per heavy atom. The Kier molecular flexibility index (Phi) is 10.9. The van der Waals surface area contributed by atoms with Crippen molar-refractivity contribution >= 4 is 22.9 Å². The molecule has 7 heteroatoms. The molecule has 0 radical (unpaired) electrons.